The van der Waals surface area contributed by atoms with Crippen molar-refractivity contribution in [3.05, 3.63) is 27.7 Å². The summed E-state index contributed by atoms with van der Waals surface area (Å²) in [5, 5.41) is 0. The zero-order chi connectivity index (χ0) is 12.8. The highest BCUT2D eigenvalue weighted by molar-refractivity contribution is 9.10. The largest absolute Gasteiger partial charge is 0.496 e. The fraction of sp³-hybridized carbons (Fsp3) is 0.571. The van der Waals surface area contributed by atoms with Crippen LogP contribution in [-0.4, -0.2) is 13.7 Å². The van der Waals surface area contributed by atoms with E-state index < -0.39 is 0 Å². The van der Waals surface area contributed by atoms with Gasteiger partial charge in [0.25, 0.3) is 0 Å². The van der Waals surface area contributed by atoms with Crippen molar-refractivity contribution < 1.29 is 4.74 Å². The average molecular weight is 300 g/mol. The first kappa shape index (κ1) is 14.5. The Bertz CT molecular complexity index is 363. The fourth-order valence-corrected chi connectivity index (χ4v) is 2.52. The summed E-state index contributed by atoms with van der Waals surface area (Å²) in [6.45, 7) is 5.13. The van der Waals surface area contributed by atoms with Gasteiger partial charge in [-0.05, 0) is 55.0 Å². The topological polar surface area (TPSA) is 35.2 Å². The Morgan fingerprint density at radius 2 is 2.00 bits per heavy atom. The van der Waals surface area contributed by atoms with Gasteiger partial charge in [0.05, 0.1) is 7.11 Å². The van der Waals surface area contributed by atoms with Gasteiger partial charge in [0, 0.05) is 4.47 Å². The van der Waals surface area contributed by atoms with Crippen molar-refractivity contribution in [1.29, 1.82) is 0 Å². The van der Waals surface area contributed by atoms with Crippen LogP contribution in [0.4, 0.5) is 0 Å². The molecule has 0 saturated carbocycles. The molecule has 0 aliphatic heterocycles. The third-order valence-corrected chi connectivity index (χ3v) is 3.34. The lowest BCUT2D eigenvalue weighted by Gasteiger charge is -2.17. The maximum atomic E-state index is 5.57. The number of nitrogens with two attached hydrogens (primary N) is 1. The van der Waals surface area contributed by atoms with Gasteiger partial charge in [0.1, 0.15) is 5.75 Å². The Hall–Kier alpha value is -0.540. The van der Waals surface area contributed by atoms with E-state index >= 15 is 0 Å². The number of halogens is 1. The maximum absolute atomic E-state index is 5.57. The molecule has 17 heavy (non-hydrogen) atoms. The molecule has 1 rings (SSSR count). The molecule has 2 N–H and O–H groups in total. The lowest BCUT2D eigenvalue weighted by molar-refractivity contribution is 0.401. The van der Waals surface area contributed by atoms with Crippen molar-refractivity contribution in [3.8, 4) is 5.75 Å². The van der Waals surface area contributed by atoms with Gasteiger partial charge in [-0.2, -0.15) is 0 Å². The molecule has 0 spiro atoms. The molecule has 0 aliphatic rings. The summed E-state index contributed by atoms with van der Waals surface area (Å²) in [5.74, 6) is 1.51. The molecule has 1 aromatic rings. The smallest absolute Gasteiger partial charge is 0.125 e. The third-order valence-electron chi connectivity index (χ3n) is 2.89. The monoisotopic (exact) mass is 299 g/mol. The van der Waals surface area contributed by atoms with E-state index in [-0.39, 0.29) is 0 Å². The van der Waals surface area contributed by atoms with Crippen LogP contribution in [-0.2, 0) is 6.42 Å². The quantitative estimate of drug-likeness (QED) is 0.810. The SMILES string of the molecule is COc1c(CCCCN)cc(Br)cc1C(C)C. The van der Waals surface area contributed by atoms with Gasteiger partial charge >= 0.3 is 0 Å². The highest BCUT2D eigenvalue weighted by atomic mass is 79.9. The van der Waals surface area contributed by atoms with E-state index in [2.05, 4.69) is 41.9 Å². The fourth-order valence-electron chi connectivity index (χ4n) is 2.00. The number of hydrogen-bond acceptors (Lipinski definition) is 2. The number of aryl methyl sites for hydroxylation is 1. The van der Waals surface area contributed by atoms with Crippen LogP contribution in [0.15, 0.2) is 16.6 Å². The molecule has 0 unspecified atom stereocenters. The molecule has 0 aliphatic carbocycles. The number of benzene rings is 1. The van der Waals surface area contributed by atoms with E-state index in [1.54, 1.807) is 7.11 Å². The summed E-state index contributed by atoms with van der Waals surface area (Å²) in [5.41, 5.74) is 8.08. The predicted octanol–water partition coefficient (Wildman–Crippen LogP) is 3.86. The first-order valence-electron chi connectivity index (χ1n) is 6.16. The molecule has 0 bridgehead atoms. The van der Waals surface area contributed by atoms with E-state index in [1.807, 2.05) is 0 Å². The summed E-state index contributed by atoms with van der Waals surface area (Å²) < 4.78 is 6.70. The molecule has 0 fully saturated rings. The van der Waals surface area contributed by atoms with E-state index in [9.17, 15) is 0 Å². The van der Waals surface area contributed by atoms with Crippen molar-refractivity contribution in [1.82, 2.24) is 0 Å². The van der Waals surface area contributed by atoms with Crippen molar-refractivity contribution >= 4 is 15.9 Å². The molecule has 0 heterocycles. The van der Waals surface area contributed by atoms with Gasteiger partial charge in [0.2, 0.25) is 0 Å². The van der Waals surface area contributed by atoms with Crippen LogP contribution in [0.25, 0.3) is 0 Å². The van der Waals surface area contributed by atoms with E-state index in [0.29, 0.717) is 5.92 Å². The average Bonchev–Trinajstić information content (AvgIpc) is 2.28. The van der Waals surface area contributed by atoms with Gasteiger partial charge in [-0.3, -0.25) is 0 Å². The highest BCUT2D eigenvalue weighted by Gasteiger charge is 2.13. The molecule has 0 aromatic heterocycles. The first-order chi connectivity index (χ1) is 8.10. The molecule has 1 aromatic carbocycles. The molecular weight excluding hydrogens is 278 g/mol. The highest BCUT2D eigenvalue weighted by Crippen LogP contribution is 2.34. The van der Waals surface area contributed by atoms with Crippen LogP contribution in [0.1, 0.15) is 43.7 Å². The minimum atomic E-state index is 0.468. The molecule has 0 saturated heterocycles. The summed E-state index contributed by atoms with van der Waals surface area (Å²) in [4.78, 5) is 0. The Morgan fingerprint density at radius 1 is 1.29 bits per heavy atom. The van der Waals surface area contributed by atoms with Gasteiger partial charge < -0.3 is 10.5 Å². The summed E-state index contributed by atoms with van der Waals surface area (Å²) in [7, 11) is 1.75. The molecule has 0 atom stereocenters. The predicted molar refractivity (Wildman–Crippen MR) is 76.8 cm³/mol. The Labute approximate surface area is 113 Å². The second kappa shape index (κ2) is 7.02. The summed E-state index contributed by atoms with van der Waals surface area (Å²) in [6.07, 6.45) is 3.20. The number of hydrogen-bond donors (Lipinski definition) is 1. The molecule has 0 amide bonds. The minimum absolute atomic E-state index is 0.468. The van der Waals surface area contributed by atoms with Crippen LogP contribution in [0, 0.1) is 0 Å². The number of methoxy groups -OCH3 is 1. The minimum Gasteiger partial charge on any atom is -0.496 e. The summed E-state index contributed by atoms with van der Waals surface area (Å²) >= 11 is 3.57. The van der Waals surface area contributed by atoms with Gasteiger partial charge in [0.15, 0.2) is 0 Å². The number of rotatable bonds is 6. The second-order valence-corrected chi connectivity index (χ2v) is 5.50. The third kappa shape index (κ3) is 4.00. The number of unbranched alkanes of at least 4 members (excludes halogenated alkanes) is 1. The van der Waals surface area contributed by atoms with E-state index in [1.165, 1.54) is 11.1 Å². The lowest BCUT2D eigenvalue weighted by Crippen LogP contribution is -2.02. The van der Waals surface area contributed by atoms with E-state index in [4.69, 9.17) is 10.5 Å². The van der Waals surface area contributed by atoms with Crippen LogP contribution >= 0.6 is 15.9 Å². The molecule has 3 heteroatoms. The number of ether oxygens (including phenoxy) is 1. The van der Waals surface area contributed by atoms with E-state index in [0.717, 1.165) is 36.0 Å². The normalized spacial score (nSPS) is 10.9. The van der Waals surface area contributed by atoms with Crippen LogP contribution < -0.4 is 10.5 Å². The van der Waals surface area contributed by atoms with Crippen molar-refractivity contribution in [3.63, 3.8) is 0 Å². The lowest BCUT2D eigenvalue weighted by atomic mass is 9.96. The van der Waals surface area contributed by atoms with Crippen molar-refractivity contribution in [2.75, 3.05) is 13.7 Å². The molecule has 0 radical (unpaired) electrons. The molecular formula is C14H22BrNO. The summed E-state index contributed by atoms with van der Waals surface area (Å²) in [6, 6.07) is 4.30. The second-order valence-electron chi connectivity index (χ2n) is 4.59. The Kier molecular flexibility index (Phi) is 6.00. The zero-order valence-corrected chi connectivity index (χ0v) is 12.5. The molecule has 96 valence electrons. The van der Waals surface area contributed by atoms with Gasteiger partial charge in [-0.1, -0.05) is 29.8 Å². The van der Waals surface area contributed by atoms with Crippen LogP contribution in [0.3, 0.4) is 0 Å². The van der Waals surface area contributed by atoms with Crippen LogP contribution in [0.5, 0.6) is 5.75 Å². The van der Waals surface area contributed by atoms with Gasteiger partial charge in [-0.25, -0.2) is 0 Å². The van der Waals surface area contributed by atoms with Crippen LogP contribution in [0.2, 0.25) is 0 Å². The first-order valence-corrected chi connectivity index (χ1v) is 6.95. The Morgan fingerprint density at radius 3 is 2.53 bits per heavy atom. The van der Waals surface area contributed by atoms with Crippen molar-refractivity contribution in [2.45, 2.75) is 39.0 Å². The van der Waals surface area contributed by atoms with Gasteiger partial charge in [-0.15, -0.1) is 0 Å². The Balaban J connectivity index is 3.01. The van der Waals surface area contributed by atoms with Crippen molar-refractivity contribution in [2.24, 2.45) is 5.73 Å². The standard InChI is InChI=1S/C14H22BrNO/c1-10(2)13-9-12(15)8-11(14(13)17-3)6-4-5-7-16/h8-10H,4-7,16H2,1-3H3. The maximum Gasteiger partial charge on any atom is 0.125 e. The zero-order valence-electron chi connectivity index (χ0n) is 10.9. The molecule has 2 nitrogen and oxygen atoms in total.